The second-order valence-corrected chi connectivity index (χ2v) is 3.54. The van der Waals surface area contributed by atoms with E-state index in [1.807, 2.05) is 0 Å². The first-order chi connectivity index (χ1) is 5.27. The van der Waals surface area contributed by atoms with Crippen molar-refractivity contribution in [2.75, 3.05) is 0 Å². The summed E-state index contributed by atoms with van der Waals surface area (Å²) in [5, 5.41) is 9.47. The van der Waals surface area contributed by atoms with Crippen molar-refractivity contribution in [3.05, 3.63) is 12.2 Å². The lowest BCUT2D eigenvalue weighted by molar-refractivity contribution is 0.137. The van der Waals surface area contributed by atoms with Crippen LogP contribution in [0.5, 0.6) is 0 Å². The molecule has 1 heteroatoms. The topological polar surface area (TPSA) is 20.2 Å². The maximum absolute atomic E-state index is 9.47. The highest BCUT2D eigenvalue weighted by atomic mass is 16.3. The summed E-state index contributed by atoms with van der Waals surface area (Å²) in [4.78, 5) is 0. The van der Waals surface area contributed by atoms with Crippen LogP contribution in [0.3, 0.4) is 0 Å². The predicted molar refractivity (Wildman–Crippen MR) is 47.5 cm³/mol. The molecule has 0 aliphatic heterocycles. The van der Waals surface area contributed by atoms with E-state index in [1.54, 1.807) is 0 Å². The van der Waals surface area contributed by atoms with Crippen LogP contribution < -0.4 is 0 Å². The fourth-order valence-electron chi connectivity index (χ4n) is 1.28. The third kappa shape index (κ3) is 3.57. The molecule has 0 saturated heterocycles. The Bertz CT molecular complexity index is 134. The molecule has 64 valence electrons. The van der Waals surface area contributed by atoms with E-state index in [9.17, 15) is 5.11 Å². The van der Waals surface area contributed by atoms with Crippen molar-refractivity contribution in [1.29, 1.82) is 0 Å². The summed E-state index contributed by atoms with van der Waals surface area (Å²) >= 11 is 0. The monoisotopic (exact) mass is 154 g/mol. The second-order valence-electron chi connectivity index (χ2n) is 3.54. The molecule has 0 radical (unpaired) electrons. The first kappa shape index (κ1) is 8.79. The average molecular weight is 154 g/mol. The zero-order valence-corrected chi connectivity index (χ0v) is 7.34. The van der Waals surface area contributed by atoms with E-state index in [1.165, 1.54) is 19.3 Å². The van der Waals surface area contributed by atoms with Crippen molar-refractivity contribution in [2.24, 2.45) is 0 Å². The lowest BCUT2D eigenvalue weighted by atomic mass is 10.1. The summed E-state index contributed by atoms with van der Waals surface area (Å²) in [5.74, 6) is 0. The van der Waals surface area contributed by atoms with Crippen LogP contribution in [0.4, 0.5) is 0 Å². The standard InChI is InChI=1S/C10H18O/c1-2-3-4-5-6-7-10(11)8-9-10/h2-3,11H,4-9H2,1H3/b3-2+. The van der Waals surface area contributed by atoms with Crippen molar-refractivity contribution in [3.63, 3.8) is 0 Å². The minimum Gasteiger partial charge on any atom is -0.390 e. The summed E-state index contributed by atoms with van der Waals surface area (Å²) in [5.41, 5.74) is -0.226. The van der Waals surface area contributed by atoms with E-state index in [4.69, 9.17) is 0 Å². The molecule has 0 bridgehead atoms. The lowest BCUT2D eigenvalue weighted by Gasteiger charge is -2.04. The van der Waals surface area contributed by atoms with Gasteiger partial charge in [-0.15, -0.1) is 0 Å². The van der Waals surface area contributed by atoms with Crippen LogP contribution in [0, 0.1) is 0 Å². The van der Waals surface area contributed by atoms with Crippen molar-refractivity contribution < 1.29 is 5.11 Å². The Kier molecular flexibility index (Phi) is 3.13. The molecular formula is C10H18O. The van der Waals surface area contributed by atoms with Gasteiger partial charge in [0.1, 0.15) is 0 Å². The third-order valence-corrected chi connectivity index (χ3v) is 2.33. The molecule has 0 atom stereocenters. The molecule has 0 heterocycles. The largest absolute Gasteiger partial charge is 0.390 e. The van der Waals surface area contributed by atoms with E-state index in [2.05, 4.69) is 19.1 Å². The summed E-state index contributed by atoms with van der Waals surface area (Å²) in [6.07, 6.45) is 11.0. The van der Waals surface area contributed by atoms with Gasteiger partial charge in [0.05, 0.1) is 5.60 Å². The summed E-state index contributed by atoms with van der Waals surface area (Å²) in [7, 11) is 0. The summed E-state index contributed by atoms with van der Waals surface area (Å²) < 4.78 is 0. The van der Waals surface area contributed by atoms with Gasteiger partial charge in [-0.05, 0) is 39.0 Å². The summed E-state index contributed by atoms with van der Waals surface area (Å²) in [6, 6.07) is 0. The van der Waals surface area contributed by atoms with Crippen LogP contribution in [0.15, 0.2) is 12.2 Å². The molecule has 0 unspecified atom stereocenters. The highest BCUT2D eigenvalue weighted by Crippen LogP contribution is 2.39. The van der Waals surface area contributed by atoms with Crippen LogP contribution in [0.25, 0.3) is 0 Å². The minimum absolute atomic E-state index is 0.226. The Hall–Kier alpha value is -0.300. The first-order valence-corrected chi connectivity index (χ1v) is 4.60. The van der Waals surface area contributed by atoms with Gasteiger partial charge >= 0.3 is 0 Å². The van der Waals surface area contributed by atoms with Gasteiger partial charge in [-0.1, -0.05) is 18.6 Å². The number of hydrogen-bond acceptors (Lipinski definition) is 1. The molecule has 1 rings (SSSR count). The maximum atomic E-state index is 9.47. The predicted octanol–water partition coefficient (Wildman–Crippen LogP) is 2.65. The van der Waals surface area contributed by atoms with Crippen LogP contribution in [-0.4, -0.2) is 10.7 Å². The van der Waals surface area contributed by atoms with E-state index < -0.39 is 0 Å². The average Bonchev–Trinajstić information content (AvgIpc) is 2.69. The number of unbranched alkanes of at least 4 members (excludes halogenated alkanes) is 2. The Morgan fingerprint density at radius 1 is 1.36 bits per heavy atom. The van der Waals surface area contributed by atoms with Crippen LogP contribution in [0.2, 0.25) is 0 Å². The zero-order valence-electron chi connectivity index (χ0n) is 7.34. The zero-order chi connectivity index (χ0) is 8.16. The minimum atomic E-state index is -0.226. The number of aliphatic hydroxyl groups is 1. The van der Waals surface area contributed by atoms with Crippen LogP contribution in [0.1, 0.15) is 45.4 Å². The van der Waals surface area contributed by atoms with Crippen molar-refractivity contribution in [3.8, 4) is 0 Å². The Labute approximate surface area is 69.1 Å². The van der Waals surface area contributed by atoms with E-state index in [-0.39, 0.29) is 5.60 Å². The molecule has 1 N–H and O–H groups in total. The number of allylic oxidation sites excluding steroid dienone is 2. The third-order valence-electron chi connectivity index (χ3n) is 2.33. The van der Waals surface area contributed by atoms with Crippen molar-refractivity contribution >= 4 is 0 Å². The molecule has 0 aromatic rings. The Morgan fingerprint density at radius 3 is 2.64 bits per heavy atom. The van der Waals surface area contributed by atoms with Gasteiger partial charge in [-0.3, -0.25) is 0 Å². The fourth-order valence-corrected chi connectivity index (χ4v) is 1.28. The van der Waals surface area contributed by atoms with Gasteiger partial charge in [0.15, 0.2) is 0 Å². The smallest absolute Gasteiger partial charge is 0.0650 e. The van der Waals surface area contributed by atoms with E-state index in [0.29, 0.717) is 0 Å². The Balaban J connectivity index is 1.88. The molecule has 0 aromatic carbocycles. The quantitative estimate of drug-likeness (QED) is 0.477. The number of hydrogen-bond donors (Lipinski definition) is 1. The van der Waals surface area contributed by atoms with Crippen LogP contribution >= 0.6 is 0 Å². The Morgan fingerprint density at radius 2 is 2.09 bits per heavy atom. The molecule has 0 spiro atoms. The normalized spacial score (nSPS) is 20.9. The molecule has 1 aliphatic carbocycles. The molecule has 0 aromatic heterocycles. The molecule has 11 heavy (non-hydrogen) atoms. The van der Waals surface area contributed by atoms with Gasteiger partial charge in [0.25, 0.3) is 0 Å². The molecule has 1 nitrogen and oxygen atoms in total. The SMILES string of the molecule is C/C=C/CCCCC1(O)CC1. The molecule has 1 aliphatic rings. The lowest BCUT2D eigenvalue weighted by Crippen LogP contribution is -2.05. The van der Waals surface area contributed by atoms with Gasteiger partial charge in [0.2, 0.25) is 0 Å². The second kappa shape index (κ2) is 3.91. The van der Waals surface area contributed by atoms with E-state index >= 15 is 0 Å². The highest BCUT2D eigenvalue weighted by Gasteiger charge is 2.38. The van der Waals surface area contributed by atoms with Crippen molar-refractivity contribution in [2.45, 2.75) is 51.0 Å². The van der Waals surface area contributed by atoms with Crippen LogP contribution in [-0.2, 0) is 0 Å². The van der Waals surface area contributed by atoms with Gasteiger partial charge < -0.3 is 5.11 Å². The number of rotatable bonds is 5. The molecule has 1 fully saturated rings. The summed E-state index contributed by atoms with van der Waals surface area (Å²) in [6.45, 7) is 2.05. The van der Waals surface area contributed by atoms with Gasteiger partial charge in [0, 0.05) is 0 Å². The van der Waals surface area contributed by atoms with Gasteiger partial charge in [-0.25, -0.2) is 0 Å². The maximum Gasteiger partial charge on any atom is 0.0650 e. The molecular weight excluding hydrogens is 136 g/mol. The van der Waals surface area contributed by atoms with Crippen molar-refractivity contribution in [1.82, 2.24) is 0 Å². The van der Waals surface area contributed by atoms with Gasteiger partial charge in [-0.2, -0.15) is 0 Å². The first-order valence-electron chi connectivity index (χ1n) is 4.60. The van der Waals surface area contributed by atoms with E-state index in [0.717, 1.165) is 19.3 Å². The highest BCUT2D eigenvalue weighted by molar-refractivity contribution is 4.92. The molecule has 0 amide bonds. The molecule has 1 saturated carbocycles. The fraction of sp³-hybridized carbons (Fsp3) is 0.800.